The van der Waals surface area contributed by atoms with Crippen molar-refractivity contribution in [3.05, 3.63) is 52.5 Å². The number of benzene rings is 2. The van der Waals surface area contributed by atoms with Gasteiger partial charge < -0.3 is 15.5 Å². The second-order valence-corrected chi connectivity index (χ2v) is 5.46. The highest BCUT2D eigenvalue weighted by molar-refractivity contribution is 6.42. The van der Waals surface area contributed by atoms with Crippen LogP contribution in [-0.2, 0) is 0 Å². The molecule has 2 amide bonds. The zero-order valence-electron chi connectivity index (χ0n) is 11.7. The fraction of sp³-hybridized carbons (Fsp3) is 0.133. The first-order valence-corrected chi connectivity index (χ1v) is 7.02. The number of urea groups is 1. The van der Waals surface area contributed by atoms with Gasteiger partial charge in [-0.1, -0.05) is 23.2 Å². The van der Waals surface area contributed by atoms with Crippen LogP contribution in [-0.4, -0.2) is 20.1 Å². The molecule has 110 valence electrons. The van der Waals surface area contributed by atoms with Gasteiger partial charge in [-0.15, -0.1) is 0 Å². The van der Waals surface area contributed by atoms with E-state index in [1.807, 2.05) is 43.3 Å². The molecular formula is C15H15Cl2N3O. The van der Waals surface area contributed by atoms with Crippen molar-refractivity contribution in [2.24, 2.45) is 0 Å². The summed E-state index contributed by atoms with van der Waals surface area (Å²) in [6, 6.07) is 12.1. The summed E-state index contributed by atoms with van der Waals surface area (Å²) in [6.07, 6.45) is 0. The van der Waals surface area contributed by atoms with Crippen molar-refractivity contribution in [2.75, 3.05) is 29.6 Å². The lowest BCUT2D eigenvalue weighted by molar-refractivity contribution is 0.262. The molecule has 2 rings (SSSR count). The van der Waals surface area contributed by atoms with Crippen LogP contribution in [0, 0.1) is 0 Å². The van der Waals surface area contributed by atoms with E-state index in [0.29, 0.717) is 21.4 Å². The van der Waals surface area contributed by atoms with E-state index in [9.17, 15) is 4.79 Å². The van der Waals surface area contributed by atoms with E-state index in [4.69, 9.17) is 23.2 Å². The molecule has 0 aromatic heterocycles. The van der Waals surface area contributed by atoms with Gasteiger partial charge in [0, 0.05) is 31.2 Å². The lowest BCUT2D eigenvalue weighted by Gasteiger charge is -2.13. The number of anilines is 3. The Labute approximate surface area is 133 Å². The second-order valence-electron chi connectivity index (χ2n) is 4.65. The minimum atomic E-state index is -0.342. The van der Waals surface area contributed by atoms with Gasteiger partial charge >= 0.3 is 6.03 Å². The quantitative estimate of drug-likeness (QED) is 0.859. The third kappa shape index (κ3) is 4.28. The van der Waals surface area contributed by atoms with E-state index in [1.54, 1.807) is 18.2 Å². The summed E-state index contributed by atoms with van der Waals surface area (Å²) in [5.74, 6) is 0. The standard InChI is InChI=1S/C15H15Cl2N3O/c1-20(2)12-6-3-10(4-7-12)18-15(21)19-11-5-8-13(16)14(17)9-11/h3-9H,1-2H3,(H2,18,19,21). The Balaban J connectivity index is 1.99. The van der Waals surface area contributed by atoms with Crippen LogP contribution in [0.2, 0.25) is 10.0 Å². The summed E-state index contributed by atoms with van der Waals surface area (Å²) in [7, 11) is 3.92. The Kier molecular flexibility index (Phi) is 4.94. The Morgan fingerprint density at radius 2 is 1.48 bits per heavy atom. The summed E-state index contributed by atoms with van der Waals surface area (Å²) >= 11 is 11.7. The second kappa shape index (κ2) is 6.70. The van der Waals surface area contributed by atoms with Gasteiger partial charge in [-0.2, -0.15) is 0 Å². The molecule has 6 heteroatoms. The van der Waals surface area contributed by atoms with Crippen molar-refractivity contribution < 1.29 is 4.79 Å². The monoisotopic (exact) mass is 323 g/mol. The van der Waals surface area contributed by atoms with E-state index < -0.39 is 0 Å². The fourth-order valence-electron chi connectivity index (χ4n) is 1.71. The van der Waals surface area contributed by atoms with Crippen LogP contribution in [0.1, 0.15) is 0 Å². The van der Waals surface area contributed by atoms with Gasteiger partial charge in [0.15, 0.2) is 0 Å². The van der Waals surface area contributed by atoms with Crippen LogP contribution in [0.25, 0.3) is 0 Å². The van der Waals surface area contributed by atoms with Crippen molar-refractivity contribution >= 4 is 46.3 Å². The number of hydrogen-bond acceptors (Lipinski definition) is 2. The molecule has 0 aliphatic heterocycles. The SMILES string of the molecule is CN(C)c1ccc(NC(=O)Nc2ccc(Cl)c(Cl)c2)cc1. The minimum Gasteiger partial charge on any atom is -0.378 e. The molecule has 2 N–H and O–H groups in total. The van der Waals surface area contributed by atoms with Crippen molar-refractivity contribution in [2.45, 2.75) is 0 Å². The largest absolute Gasteiger partial charge is 0.378 e. The summed E-state index contributed by atoms with van der Waals surface area (Å²) in [6.45, 7) is 0. The molecule has 0 radical (unpaired) electrons. The number of amides is 2. The normalized spacial score (nSPS) is 10.1. The molecule has 21 heavy (non-hydrogen) atoms. The number of nitrogens with zero attached hydrogens (tertiary/aromatic N) is 1. The van der Waals surface area contributed by atoms with E-state index >= 15 is 0 Å². The summed E-state index contributed by atoms with van der Waals surface area (Å²) in [5.41, 5.74) is 2.34. The van der Waals surface area contributed by atoms with Gasteiger partial charge in [-0.25, -0.2) is 4.79 Å². The predicted molar refractivity (Wildman–Crippen MR) is 89.9 cm³/mol. The van der Waals surface area contributed by atoms with Gasteiger partial charge in [0.2, 0.25) is 0 Å². The number of carbonyl (C=O) groups is 1. The van der Waals surface area contributed by atoms with Crippen LogP contribution >= 0.6 is 23.2 Å². The van der Waals surface area contributed by atoms with Gasteiger partial charge in [-0.05, 0) is 42.5 Å². The van der Waals surface area contributed by atoms with Crippen molar-refractivity contribution in [3.8, 4) is 0 Å². The van der Waals surface area contributed by atoms with Crippen LogP contribution in [0.5, 0.6) is 0 Å². The molecule has 0 fully saturated rings. The minimum absolute atomic E-state index is 0.342. The maximum Gasteiger partial charge on any atom is 0.323 e. The Morgan fingerprint density at radius 3 is 2.05 bits per heavy atom. The van der Waals surface area contributed by atoms with E-state index in [-0.39, 0.29) is 6.03 Å². The van der Waals surface area contributed by atoms with Gasteiger partial charge in [0.05, 0.1) is 10.0 Å². The number of halogens is 2. The third-order valence-corrected chi connectivity index (χ3v) is 3.56. The molecule has 2 aromatic carbocycles. The molecule has 0 spiro atoms. The highest BCUT2D eigenvalue weighted by Crippen LogP contribution is 2.25. The number of carbonyl (C=O) groups excluding carboxylic acids is 1. The van der Waals surface area contributed by atoms with Crippen LogP contribution in [0.4, 0.5) is 21.9 Å². The topological polar surface area (TPSA) is 44.4 Å². The molecule has 0 atom stereocenters. The fourth-order valence-corrected chi connectivity index (χ4v) is 2.01. The lowest BCUT2D eigenvalue weighted by Crippen LogP contribution is -2.19. The zero-order chi connectivity index (χ0) is 15.4. The highest BCUT2D eigenvalue weighted by Gasteiger charge is 2.05. The average molecular weight is 324 g/mol. The molecular weight excluding hydrogens is 309 g/mol. The molecule has 4 nitrogen and oxygen atoms in total. The van der Waals surface area contributed by atoms with Crippen molar-refractivity contribution in [1.29, 1.82) is 0 Å². The highest BCUT2D eigenvalue weighted by atomic mass is 35.5. The molecule has 0 aliphatic carbocycles. The molecule has 0 aliphatic rings. The average Bonchev–Trinajstić information content (AvgIpc) is 2.43. The van der Waals surface area contributed by atoms with Gasteiger partial charge in [0.25, 0.3) is 0 Å². The zero-order valence-corrected chi connectivity index (χ0v) is 13.2. The molecule has 0 unspecified atom stereocenters. The van der Waals surface area contributed by atoms with Crippen LogP contribution in [0.15, 0.2) is 42.5 Å². The summed E-state index contributed by atoms with van der Waals surface area (Å²) in [5, 5.41) is 6.28. The first-order valence-electron chi connectivity index (χ1n) is 6.26. The Bertz CT molecular complexity index is 642. The summed E-state index contributed by atoms with van der Waals surface area (Å²) < 4.78 is 0. The maximum absolute atomic E-state index is 11.9. The lowest BCUT2D eigenvalue weighted by atomic mass is 10.2. The first-order chi connectivity index (χ1) is 9.95. The van der Waals surface area contributed by atoms with Crippen LogP contribution < -0.4 is 15.5 Å². The molecule has 0 heterocycles. The van der Waals surface area contributed by atoms with Crippen LogP contribution in [0.3, 0.4) is 0 Å². The van der Waals surface area contributed by atoms with Crippen molar-refractivity contribution in [3.63, 3.8) is 0 Å². The molecule has 2 aromatic rings. The first kappa shape index (κ1) is 15.5. The molecule has 0 saturated heterocycles. The smallest absolute Gasteiger partial charge is 0.323 e. The third-order valence-electron chi connectivity index (χ3n) is 2.82. The molecule has 0 saturated carbocycles. The Morgan fingerprint density at radius 1 is 0.905 bits per heavy atom. The number of nitrogens with one attached hydrogen (secondary N) is 2. The van der Waals surface area contributed by atoms with E-state index in [0.717, 1.165) is 5.69 Å². The predicted octanol–water partition coefficient (Wildman–Crippen LogP) is 4.70. The number of hydrogen-bond donors (Lipinski definition) is 2. The maximum atomic E-state index is 11.9. The number of rotatable bonds is 3. The van der Waals surface area contributed by atoms with E-state index in [1.165, 1.54) is 0 Å². The Hall–Kier alpha value is -1.91. The van der Waals surface area contributed by atoms with Crippen molar-refractivity contribution in [1.82, 2.24) is 0 Å². The van der Waals surface area contributed by atoms with Gasteiger partial charge in [-0.3, -0.25) is 0 Å². The van der Waals surface area contributed by atoms with Gasteiger partial charge in [0.1, 0.15) is 0 Å². The van der Waals surface area contributed by atoms with E-state index in [2.05, 4.69) is 10.6 Å². The summed E-state index contributed by atoms with van der Waals surface area (Å²) in [4.78, 5) is 13.9. The molecule has 0 bridgehead atoms.